The molecule has 2 rings (SSSR count). The van der Waals surface area contributed by atoms with Crippen LogP contribution in [0.2, 0.25) is 0 Å². The van der Waals surface area contributed by atoms with Gasteiger partial charge in [0.1, 0.15) is 5.60 Å². The van der Waals surface area contributed by atoms with Crippen LogP contribution in [0.4, 0.5) is 4.79 Å². The topological polar surface area (TPSA) is 55.6 Å². The molecule has 0 aromatic carbocycles. The third kappa shape index (κ3) is 2.92. The minimum Gasteiger partial charge on any atom is -0.444 e. The lowest BCUT2D eigenvalue weighted by molar-refractivity contribution is 0.0151. The molecule has 2 aliphatic rings. The van der Waals surface area contributed by atoms with E-state index in [9.17, 15) is 4.79 Å². The average molecular weight is 240 g/mol. The van der Waals surface area contributed by atoms with Crippen molar-refractivity contribution in [3.8, 4) is 0 Å². The van der Waals surface area contributed by atoms with Crippen LogP contribution >= 0.6 is 0 Å². The van der Waals surface area contributed by atoms with Gasteiger partial charge in [0.05, 0.1) is 0 Å². The number of amides is 1. The maximum Gasteiger partial charge on any atom is 0.410 e. The fraction of sp³-hybridized carbons (Fsp3) is 0.923. The third-order valence-corrected chi connectivity index (χ3v) is 3.67. The Hall–Kier alpha value is -0.770. The molecule has 1 amide bonds. The van der Waals surface area contributed by atoms with Gasteiger partial charge in [-0.2, -0.15) is 0 Å². The summed E-state index contributed by atoms with van der Waals surface area (Å²) in [5, 5.41) is 0. The van der Waals surface area contributed by atoms with E-state index in [-0.39, 0.29) is 12.1 Å². The molecule has 4 nitrogen and oxygen atoms in total. The van der Waals surface area contributed by atoms with Crippen molar-refractivity contribution in [1.82, 2.24) is 4.90 Å². The molecule has 4 heteroatoms. The molecule has 2 N–H and O–H groups in total. The Morgan fingerprint density at radius 2 is 1.76 bits per heavy atom. The predicted octanol–water partition coefficient (Wildman–Crippen LogP) is 2.27. The van der Waals surface area contributed by atoms with Crippen molar-refractivity contribution in [3.05, 3.63) is 0 Å². The van der Waals surface area contributed by atoms with E-state index in [4.69, 9.17) is 10.5 Å². The van der Waals surface area contributed by atoms with E-state index in [1.54, 1.807) is 0 Å². The molecule has 0 aromatic rings. The Kier molecular flexibility index (Phi) is 3.34. The van der Waals surface area contributed by atoms with Crippen LogP contribution in [0.15, 0.2) is 0 Å². The first kappa shape index (κ1) is 12.7. The third-order valence-electron chi connectivity index (χ3n) is 3.67. The van der Waals surface area contributed by atoms with Crippen molar-refractivity contribution in [2.75, 3.05) is 0 Å². The van der Waals surface area contributed by atoms with Crippen LogP contribution in [-0.4, -0.2) is 34.7 Å². The van der Waals surface area contributed by atoms with E-state index >= 15 is 0 Å². The zero-order valence-electron chi connectivity index (χ0n) is 11.1. The summed E-state index contributed by atoms with van der Waals surface area (Å²) in [5.41, 5.74) is 5.62. The maximum atomic E-state index is 12.2. The van der Waals surface area contributed by atoms with Crippen LogP contribution in [0.25, 0.3) is 0 Å². The Morgan fingerprint density at radius 3 is 2.41 bits per heavy atom. The molecule has 2 bridgehead atoms. The lowest BCUT2D eigenvalue weighted by Gasteiger charge is -2.31. The first-order valence-electron chi connectivity index (χ1n) is 6.64. The normalized spacial score (nSPS) is 33.4. The van der Waals surface area contributed by atoms with Gasteiger partial charge in [0.15, 0.2) is 0 Å². The van der Waals surface area contributed by atoms with Crippen molar-refractivity contribution in [2.45, 2.75) is 76.6 Å². The second-order valence-electron chi connectivity index (χ2n) is 6.35. The van der Waals surface area contributed by atoms with Crippen molar-refractivity contribution in [2.24, 2.45) is 5.73 Å². The van der Waals surface area contributed by atoms with Gasteiger partial charge in [0.25, 0.3) is 0 Å². The maximum absolute atomic E-state index is 12.2. The minimum absolute atomic E-state index is 0.154. The molecular weight excluding hydrogens is 216 g/mol. The summed E-state index contributed by atoms with van der Waals surface area (Å²) in [5.74, 6) is 0. The molecule has 2 fully saturated rings. The highest BCUT2D eigenvalue weighted by Crippen LogP contribution is 2.34. The summed E-state index contributed by atoms with van der Waals surface area (Å²) in [4.78, 5) is 14.2. The van der Waals surface area contributed by atoms with Gasteiger partial charge in [0, 0.05) is 18.1 Å². The lowest BCUT2D eigenvalue weighted by Crippen LogP contribution is -2.43. The number of nitrogens with zero attached hydrogens (tertiary/aromatic N) is 1. The number of fused-ring (bicyclic) bond motifs is 2. The van der Waals surface area contributed by atoms with E-state index < -0.39 is 5.60 Å². The summed E-state index contributed by atoms with van der Waals surface area (Å²) >= 11 is 0. The number of ether oxygens (including phenoxy) is 1. The van der Waals surface area contributed by atoms with E-state index in [1.807, 2.05) is 25.7 Å². The van der Waals surface area contributed by atoms with Crippen molar-refractivity contribution < 1.29 is 9.53 Å². The molecule has 17 heavy (non-hydrogen) atoms. The highest BCUT2D eigenvalue weighted by atomic mass is 16.6. The van der Waals surface area contributed by atoms with E-state index in [2.05, 4.69) is 0 Å². The molecule has 0 radical (unpaired) electrons. The lowest BCUT2D eigenvalue weighted by atomic mass is 9.98. The largest absolute Gasteiger partial charge is 0.444 e. The van der Waals surface area contributed by atoms with Gasteiger partial charge < -0.3 is 15.4 Å². The van der Waals surface area contributed by atoms with Crippen molar-refractivity contribution in [3.63, 3.8) is 0 Å². The second kappa shape index (κ2) is 4.48. The molecule has 0 aromatic heterocycles. The van der Waals surface area contributed by atoms with Gasteiger partial charge >= 0.3 is 6.09 Å². The highest BCUT2D eigenvalue weighted by molar-refractivity contribution is 5.69. The summed E-state index contributed by atoms with van der Waals surface area (Å²) in [6, 6.07) is 0.894. The zero-order valence-corrected chi connectivity index (χ0v) is 11.1. The molecule has 0 spiro atoms. The Balaban J connectivity index is 2.07. The zero-order chi connectivity index (χ0) is 12.6. The molecule has 2 aliphatic heterocycles. The predicted molar refractivity (Wildman–Crippen MR) is 66.7 cm³/mol. The fourth-order valence-electron chi connectivity index (χ4n) is 2.96. The van der Waals surface area contributed by atoms with Gasteiger partial charge in [-0.15, -0.1) is 0 Å². The first-order chi connectivity index (χ1) is 7.87. The first-order valence-corrected chi connectivity index (χ1v) is 6.64. The number of carbonyl (C=O) groups is 1. The fourth-order valence-corrected chi connectivity index (χ4v) is 2.96. The summed E-state index contributed by atoms with van der Waals surface area (Å²) in [6.07, 6.45) is 5.01. The molecule has 2 heterocycles. The molecule has 0 unspecified atom stereocenters. The van der Waals surface area contributed by atoms with Gasteiger partial charge in [-0.1, -0.05) is 0 Å². The number of rotatable bonds is 0. The average Bonchev–Trinajstić information content (AvgIpc) is 2.45. The number of hydrogen-bond donors (Lipinski definition) is 1. The van der Waals surface area contributed by atoms with Gasteiger partial charge in [-0.25, -0.2) is 4.79 Å². The van der Waals surface area contributed by atoms with E-state index in [0.717, 1.165) is 32.1 Å². The summed E-state index contributed by atoms with van der Waals surface area (Å²) in [7, 11) is 0. The van der Waals surface area contributed by atoms with Gasteiger partial charge in [-0.3, -0.25) is 0 Å². The van der Waals surface area contributed by atoms with E-state index in [1.165, 1.54) is 0 Å². The monoisotopic (exact) mass is 240 g/mol. The second-order valence-corrected chi connectivity index (χ2v) is 6.35. The van der Waals surface area contributed by atoms with Crippen molar-refractivity contribution in [1.29, 1.82) is 0 Å². The highest BCUT2D eigenvalue weighted by Gasteiger charge is 2.41. The minimum atomic E-state index is -0.412. The van der Waals surface area contributed by atoms with Crippen molar-refractivity contribution >= 4 is 6.09 Å². The van der Waals surface area contributed by atoms with Crippen LogP contribution in [0.3, 0.4) is 0 Å². The smallest absolute Gasteiger partial charge is 0.410 e. The number of nitrogens with two attached hydrogens (primary N) is 1. The summed E-state index contributed by atoms with van der Waals surface area (Å²) < 4.78 is 5.49. The SMILES string of the molecule is CC(C)(C)OC(=O)N1[C@H]2CC[C@@H](N)C[C@@H]1CC2. The van der Waals surface area contributed by atoms with Crippen LogP contribution in [0.1, 0.15) is 52.9 Å². The van der Waals surface area contributed by atoms with Gasteiger partial charge in [-0.05, 0) is 52.9 Å². The molecular formula is C13H24N2O2. The Bertz CT molecular complexity index is 298. The van der Waals surface area contributed by atoms with Crippen LogP contribution < -0.4 is 5.73 Å². The van der Waals surface area contributed by atoms with Crippen LogP contribution in [0.5, 0.6) is 0 Å². The number of carbonyl (C=O) groups excluding carboxylic acids is 1. The summed E-state index contributed by atoms with van der Waals surface area (Å²) in [6.45, 7) is 5.74. The molecule has 98 valence electrons. The molecule has 0 saturated carbocycles. The standard InChI is InChI=1S/C13H24N2O2/c1-13(2,3)17-12(16)15-10-5-4-9(14)8-11(15)7-6-10/h9-11H,4-8,14H2,1-3H3/t9-,10+,11+/m1/s1. The van der Waals surface area contributed by atoms with E-state index in [0.29, 0.717) is 12.1 Å². The Labute approximate surface area is 103 Å². The van der Waals surface area contributed by atoms with Crippen LogP contribution in [0, 0.1) is 0 Å². The molecule has 2 saturated heterocycles. The quantitative estimate of drug-likeness (QED) is 0.706. The Morgan fingerprint density at radius 1 is 1.18 bits per heavy atom. The van der Waals surface area contributed by atoms with Crippen LogP contribution in [-0.2, 0) is 4.74 Å². The number of hydrogen-bond acceptors (Lipinski definition) is 3. The molecule has 0 aliphatic carbocycles. The van der Waals surface area contributed by atoms with Gasteiger partial charge in [0.2, 0.25) is 0 Å². The molecule has 3 atom stereocenters.